The molecule has 3 aromatic rings. The van der Waals surface area contributed by atoms with Gasteiger partial charge in [0.25, 0.3) is 5.91 Å². The molecular weight excluding hydrogens is 384 g/mol. The first-order valence-corrected chi connectivity index (χ1v) is 10.1. The number of hydrogen-bond donors (Lipinski definition) is 2. The lowest BCUT2D eigenvalue weighted by Gasteiger charge is -2.08. The molecule has 10 heteroatoms. The lowest BCUT2D eigenvalue weighted by molar-refractivity contribution is -0.119. The predicted octanol–water partition coefficient (Wildman–Crippen LogP) is 2.40. The van der Waals surface area contributed by atoms with E-state index in [0.717, 1.165) is 5.69 Å². The number of thioether (sulfide) groups is 1. The van der Waals surface area contributed by atoms with Crippen LogP contribution in [0.25, 0.3) is 5.69 Å². The standard InChI is InChI=1S/C17H18N6O2S2/c1-11(2)12-5-7-13(8-6-12)23-17(20-21-22-23)27-10-15(24)18-19-16(25)14-4-3-9-26-14/h3-9,11H,10H2,1-2H3,(H,18,24)(H,19,25). The van der Waals surface area contributed by atoms with Crippen LogP contribution in [0.4, 0.5) is 0 Å². The molecule has 0 aliphatic carbocycles. The minimum Gasteiger partial charge on any atom is -0.272 e. The quantitative estimate of drug-likeness (QED) is 0.485. The van der Waals surface area contributed by atoms with Gasteiger partial charge in [0, 0.05) is 0 Å². The second-order valence-corrected chi connectivity index (χ2v) is 7.78. The van der Waals surface area contributed by atoms with Gasteiger partial charge in [-0.05, 0) is 45.5 Å². The van der Waals surface area contributed by atoms with Gasteiger partial charge < -0.3 is 0 Å². The normalized spacial score (nSPS) is 10.8. The Bertz CT molecular complexity index is 906. The van der Waals surface area contributed by atoms with Crippen molar-refractivity contribution in [3.63, 3.8) is 0 Å². The summed E-state index contributed by atoms with van der Waals surface area (Å²) >= 11 is 2.48. The van der Waals surface area contributed by atoms with Gasteiger partial charge in [0.15, 0.2) is 0 Å². The first-order valence-electron chi connectivity index (χ1n) is 8.19. The molecule has 2 N–H and O–H groups in total. The highest BCUT2D eigenvalue weighted by molar-refractivity contribution is 7.99. The van der Waals surface area contributed by atoms with Crippen molar-refractivity contribution in [1.82, 2.24) is 31.1 Å². The van der Waals surface area contributed by atoms with E-state index in [9.17, 15) is 9.59 Å². The second-order valence-electron chi connectivity index (χ2n) is 5.89. The molecule has 8 nitrogen and oxygen atoms in total. The van der Waals surface area contributed by atoms with Gasteiger partial charge in [-0.3, -0.25) is 20.4 Å². The number of nitrogens with zero attached hydrogens (tertiary/aromatic N) is 4. The van der Waals surface area contributed by atoms with Gasteiger partial charge in [-0.25, -0.2) is 0 Å². The third kappa shape index (κ3) is 4.92. The molecular formula is C17H18N6O2S2. The van der Waals surface area contributed by atoms with Gasteiger partial charge >= 0.3 is 0 Å². The molecule has 3 rings (SSSR count). The average molecular weight is 403 g/mol. The van der Waals surface area contributed by atoms with Crippen molar-refractivity contribution >= 4 is 34.9 Å². The first kappa shape index (κ1) is 19.1. The van der Waals surface area contributed by atoms with Crippen molar-refractivity contribution in [2.45, 2.75) is 24.9 Å². The fraction of sp³-hybridized carbons (Fsp3) is 0.235. The van der Waals surface area contributed by atoms with E-state index in [1.165, 1.54) is 28.7 Å². The van der Waals surface area contributed by atoms with Crippen molar-refractivity contribution in [2.24, 2.45) is 0 Å². The summed E-state index contributed by atoms with van der Waals surface area (Å²) in [6.45, 7) is 4.26. The number of thiophene rings is 1. The SMILES string of the molecule is CC(C)c1ccc(-n2nnnc2SCC(=O)NNC(=O)c2cccs2)cc1. The molecule has 2 amide bonds. The summed E-state index contributed by atoms with van der Waals surface area (Å²) in [5.74, 6) is -0.197. The number of rotatable bonds is 6. The van der Waals surface area contributed by atoms with Gasteiger partial charge in [-0.1, -0.05) is 43.8 Å². The van der Waals surface area contributed by atoms with Gasteiger partial charge in [-0.2, -0.15) is 4.68 Å². The van der Waals surface area contributed by atoms with Crippen LogP contribution in [0.5, 0.6) is 0 Å². The van der Waals surface area contributed by atoms with Crippen LogP contribution >= 0.6 is 23.1 Å². The zero-order chi connectivity index (χ0) is 19.2. The Kier molecular flexibility index (Phi) is 6.20. The number of nitrogens with one attached hydrogen (secondary N) is 2. The molecule has 0 fully saturated rings. The predicted molar refractivity (Wildman–Crippen MR) is 104 cm³/mol. The minimum absolute atomic E-state index is 0.0647. The number of carbonyl (C=O) groups excluding carboxylic acids is 2. The van der Waals surface area contributed by atoms with Crippen LogP contribution < -0.4 is 10.9 Å². The van der Waals surface area contributed by atoms with E-state index < -0.39 is 0 Å². The van der Waals surface area contributed by atoms with Gasteiger partial charge in [0.05, 0.1) is 16.3 Å². The highest BCUT2D eigenvalue weighted by atomic mass is 32.2. The van der Waals surface area contributed by atoms with E-state index in [0.29, 0.717) is 16.0 Å². The maximum absolute atomic E-state index is 12.0. The minimum atomic E-state index is -0.352. The summed E-state index contributed by atoms with van der Waals surface area (Å²) in [5.41, 5.74) is 6.80. The molecule has 1 aromatic carbocycles. The zero-order valence-corrected chi connectivity index (χ0v) is 16.4. The van der Waals surface area contributed by atoms with Crippen LogP contribution in [0.3, 0.4) is 0 Å². The van der Waals surface area contributed by atoms with Crippen LogP contribution in [-0.2, 0) is 4.79 Å². The Morgan fingerprint density at radius 3 is 2.63 bits per heavy atom. The Balaban J connectivity index is 1.55. The smallest absolute Gasteiger partial charge is 0.272 e. The summed E-state index contributed by atoms with van der Waals surface area (Å²) in [5, 5.41) is 13.9. The molecule has 0 bridgehead atoms. The fourth-order valence-corrected chi connectivity index (χ4v) is 3.50. The van der Waals surface area contributed by atoms with Crippen LogP contribution in [0.15, 0.2) is 46.9 Å². The van der Waals surface area contributed by atoms with Crippen molar-refractivity contribution in [1.29, 1.82) is 0 Å². The summed E-state index contributed by atoms with van der Waals surface area (Å²) in [7, 11) is 0. The van der Waals surface area contributed by atoms with E-state index in [-0.39, 0.29) is 17.6 Å². The number of tetrazole rings is 1. The Morgan fingerprint density at radius 1 is 1.19 bits per heavy atom. The summed E-state index contributed by atoms with van der Waals surface area (Å²) in [4.78, 5) is 24.3. The maximum atomic E-state index is 12.0. The van der Waals surface area contributed by atoms with Gasteiger partial charge in [0.2, 0.25) is 11.1 Å². The second kappa shape index (κ2) is 8.78. The van der Waals surface area contributed by atoms with Crippen LogP contribution in [0.1, 0.15) is 35.0 Å². The zero-order valence-electron chi connectivity index (χ0n) is 14.7. The third-order valence-corrected chi connectivity index (χ3v) is 5.43. The molecule has 0 unspecified atom stereocenters. The molecule has 2 aromatic heterocycles. The van der Waals surface area contributed by atoms with Crippen LogP contribution in [-0.4, -0.2) is 37.8 Å². The molecule has 140 valence electrons. The molecule has 0 aliphatic rings. The van der Waals surface area contributed by atoms with Gasteiger partial charge in [-0.15, -0.1) is 16.4 Å². The summed E-state index contributed by atoms with van der Waals surface area (Å²) < 4.78 is 1.58. The molecule has 0 saturated heterocycles. The highest BCUT2D eigenvalue weighted by Crippen LogP contribution is 2.20. The number of carbonyl (C=O) groups is 2. The lowest BCUT2D eigenvalue weighted by atomic mass is 10.0. The Morgan fingerprint density at radius 2 is 1.96 bits per heavy atom. The molecule has 2 heterocycles. The van der Waals surface area contributed by atoms with E-state index in [1.54, 1.807) is 22.2 Å². The molecule has 0 atom stereocenters. The van der Waals surface area contributed by atoms with E-state index in [1.807, 2.05) is 24.3 Å². The van der Waals surface area contributed by atoms with Crippen molar-refractivity contribution in [2.75, 3.05) is 5.75 Å². The van der Waals surface area contributed by atoms with Crippen LogP contribution in [0, 0.1) is 0 Å². The molecule has 0 radical (unpaired) electrons. The molecule has 27 heavy (non-hydrogen) atoms. The number of benzene rings is 1. The summed E-state index contributed by atoms with van der Waals surface area (Å²) in [6, 6.07) is 11.4. The number of amides is 2. The third-order valence-electron chi connectivity index (χ3n) is 3.64. The van der Waals surface area contributed by atoms with E-state index >= 15 is 0 Å². The largest absolute Gasteiger partial charge is 0.279 e. The number of hydrazine groups is 1. The van der Waals surface area contributed by atoms with E-state index in [4.69, 9.17) is 0 Å². The highest BCUT2D eigenvalue weighted by Gasteiger charge is 2.13. The fourth-order valence-electron chi connectivity index (χ4n) is 2.19. The van der Waals surface area contributed by atoms with Crippen LogP contribution in [0.2, 0.25) is 0 Å². The van der Waals surface area contributed by atoms with Crippen molar-refractivity contribution in [3.8, 4) is 5.69 Å². The number of aromatic nitrogens is 4. The van der Waals surface area contributed by atoms with E-state index in [2.05, 4.69) is 40.2 Å². The summed E-state index contributed by atoms with van der Waals surface area (Å²) in [6.07, 6.45) is 0. The van der Waals surface area contributed by atoms with Gasteiger partial charge in [0.1, 0.15) is 0 Å². The Labute approximate surface area is 164 Å². The van der Waals surface area contributed by atoms with Crippen molar-refractivity contribution < 1.29 is 9.59 Å². The monoisotopic (exact) mass is 402 g/mol. The average Bonchev–Trinajstić information content (AvgIpc) is 3.36. The maximum Gasteiger partial charge on any atom is 0.279 e. The molecule has 0 spiro atoms. The topological polar surface area (TPSA) is 102 Å². The first-order chi connectivity index (χ1) is 13.0. The molecule has 0 aliphatic heterocycles. The number of hydrogen-bond acceptors (Lipinski definition) is 7. The van der Waals surface area contributed by atoms with Crippen molar-refractivity contribution in [3.05, 3.63) is 52.2 Å². The molecule has 0 saturated carbocycles. The Hall–Kier alpha value is -2.72. The lowest BCUT2D eigenvalue weighted by Crippen LogP contribution is -2.42.